The van der Waals surface area contributed by atoms with E-state index in [1.165, 1.54) is 0 Å². The third-order valence-electron chi connectivity index (χ3n) is 1.95. The van der Waals surface area contributed by atoms with E-state index in [0.29, 0.717) is 12.5 Å². The smallest absolute Gasteiger partial charge is 0.231 e. The molecular weight excluding hydrogens is 180 g/mol. The van der Waals surface area contributed by atoms with E-state index in [0.717, 1.165) is 6.42 Å². The van der Waals surface area contributed by atoms with Crippen LogP contribution in [0, 0.1) is 5.92 Å². The van der Waals surface area contributed by atoms with Crippen LogP contribution in [0.2, 0.25) is 0 Å². The monoisotopic (exact) mass is 194 g/mol. The molecule has 1 rings (SSSR count). The number of amides is 1. The van der Waals surface area contributed by atoms with E-state index < -0.39 is 0 Å². The summed E-state index contributed by atoms with van der Waals surface area (Å²) in [6.45, 7) is 2.26. The molecule has 1 atom stereocenters. The molecule has 0 saturated heterocycles. The van der Waals surface area contributed by atoms with Gasteiger partial charge in [0.2, 0.25) is 11.9 Å². The molecule has 1 amide bonds. The normalized spacial score (nSPS) is 12.1. The van der Waals surface area contributed by atoms with Crippen LogP contribution in [0.1, 0.15) is 13.3 Å². The Hall–Kier alpha value is -1.49. The summed E-state index contributed by atoms with van der Waals surface area (Å²) in [4.78, 5) is 19.3. The zero-order valence-corrected chi connectivity index (χ0v) is 8.10. The fourth-order valence-corrected chi connectivity index (χ4v) is 1.03. The molecule has 76 valence electrons. The molecular formula is C9H14N4O. The lowest BCUT2D eigenvalue weighted by molar-refractivity contribution is -0.119. The highest BCUT2D eigenvalue weighted by Crippen LogP contribution is 2.03. The summed E-state index contributed by atoms with van der Waals surface area (Å²) in [5.74, 6) is 0.0319. The van der Waals surface area contributed by atoms with Gasteiger partial charge in [-0.2, -0.15) is 0 Å². The second kappa shape index (κ2) is 5.29. The molecule has 1 heterocycles. The fraction of sp³-hybridized carbons (Fsp3) is 0.444. The Balaban J connectivity index is 2.57. The van der Waals surface area contributed by atoms with Crippen LogP contribution in [0.3, 0.4) is 0 Å². The topological polar surface area (TPSA) is 80.9 Å². The van der Waals surface area contributed by atoms with Gasteiger partial charge in [0.1, 0.15) is 0 Å². The van der Waals surface area contributed by atoms with Gasteiger partial charge in [0.15, 0.2) is 0 Å². The molecule has 1 aromatic rings. The Morgan fingerprint density at radius 1 is 1.57 bits per heavy atom. The van der Waals surface area contributed by atoms with Crippen molar-refractivity contribution in [3.05, 3.63) is 18.5 Å². The van der Waals surface area contributed by atoms with Crippen LogP contribution in [0.15, 0.2) is 18.5 Å². The standard InChI is InChI=1S/C9H14N4O/c1-2-7(6-10)8(14)13-9-11-4-3-5-12-9/h3-5,7H,2,6,10H2,1H3,(H,11,12,13,14). The van der Waals surface area contributed by atoms with E-state index in [2.05, 4.69) is 15.3 Å². The number of nitrogens with two attached hydrogens (primary N) is 1. The van der Waals surface area contributed by atoms with Crippen LogP contribution in [0.4, 0.5) is 5.95 Å². The Bertz CT molecular complexity index is 284. The first-order valence-corrected chi connectivity index (χ1v) is 4.55. The van der Waals surface area contributed by atoms with E-state index in [4.69, 9.17) is 5.73 Å². The molecule has 0 spiro atoms. The molecule has 5 heteroatoms. The van der Waals surface area contributed by atoms with E-state index in [-0.39, 0.29) is 11.8 Å². The van der Waals surface area contributed by atoms with Crippen LogP contribution in [-0.4, -0.2) is 22.4 Å². The highest BCUT2D eigenvalue weighted by molar-refractivity contribution is 5.90. The number of nitrogens with one attached hydrogen (secondary N) is 1. The Morgan fingerprint density at radius 3 is 2.71 bits per heavy atom. The maximum atomic E-state index is 11.5. The van der Waals surface area contributed by atoms with Crippen LogP contribution in [-0.2, 0) is 4.79 Å². The average Bonchev–Trinajstić information content (AvgIpc) is 2.21. The van der Waals surface area contributed by atoms with Crippen molar-refractivity contribution in [1.29, 1.82) is 0 Å². The number of hydrogen-bond donors (Lipinski definition) is 2. The lowest BCUT2D eigenvalue weighted by Gasteiger charge is -2.10. The summed E-state index contributed by atoms with van der Waals surface area (Å²) in [6, 6.07) is 1.69. The van der Waals surface area contributed by atoms with Crippen LogP contribution >= 0.6 is 0 Å². The highest BCUT2D eigenvalue weighted by atomic mass is 16.2. The minimum Gasteiger partial charge on any atom is -0.330 e. The van der Waals surface area contributed by atoms with Crippen LogP contribution in [0.5, 0.6) is 0 Å². The number of carbonyl (C=O) groups excluding carboxylic acids is 1. The van der Waals surface area contributed by atoms with Crippen molar-refractivity contribution in [1.82, 2.24) is 9.97 Å². The third-order valence-corrected chi connectivity index (χ3v) is 1.95. The number of hydrogen-bond acceptors (Lipinski definition) is 4. The Morgan fingerprint density at radius 2 is 2.21 bits per heavy atom. The first kappa shape index (κ1) is 10.6. The van der Waals surface area contributed by atoms with Gasteiger partial charge in [0.05, 0.1) is 5.92 Å². The third kappa shape index (κ3) is 2.77. The van der Waals surface area contributed by atoms with E-state index in [1.54, 1.807) is 18.5 Å². The summed E-state index contributed by atoms with van der Waals surface area (Å²) in [6.07, 6.45) is 3.87. The second-order valence-electron chi connectivity index (χ2n) is 2.90. The van der Waals surface area contributed by atoms with Gasteiger partial charge in [0, 0.05) is 18.9 Å². The summed E-state index contributed by atoms with van der Waals surface area (Å²) >= 11 is 0. The van der Waals surface area contributed by atoms with Gasteiger partial charge < -0.3 is 5.73 Å². The lowest BCUT2D eigenvalue weighted by atomic mass is 10.1. The molecule has 0 saturated carbocycles. The first-order valence-electron chi connectivity index (χ1n) is 4.55. The quantitative estimate of drug-likeness (QED) is 0.727. The predicted octanol–water partition coefficient (Wildman–Crippen LogP) is 0.400. The summed E-state index contributed by atoms with van der Waals surface area (Å²) < 4.78 is 0. The molecule has 14 heavy (non-hydrogen) atoms. The van der Waals surface area contributed by atoms with Crippen molar-refractivity contribution in [2.45, 2.75) is 13.3 Å². The van der Waals surface area contributed by atoms with Crippen LogP contribution < -0.4 is 11.1 Å². The number of anilines is 1. The highest BCUT2D eigenvalue weighted by Gasteiger charge is 2.14. The summed E-state index contributed by atoms with van der Waals surface area (Å²) in [7, 11) is 0. The maximum absolute atomic E-state index is 11.5. The SMILES string of the molecule is CCC(CN)C(=O)Nc1ncccn1. The molecule has 0 radical (unpaired) electrons. The number of rotatable bonds is 4. The average molecular weight is 194 g/mol. The van der Waals surface area contributed by atoms with Gasteiger partial charge in [-0.1, -0.05) is 6.92 Å². The van der Waals surface area contributed by atoms with E-state index >= 15 is 0 Å². The van der Waals surface area contributed by atoms with E-state index in [9.17, 15) is 4.79 Å². The van der Waals surface area contributed by atoms with Crippen LogP contribution in [0.25, 0.3) is 0 Å². The summed E-state index contributed by atoms with van der Waals surface area (Å²) in [5.41, 5.74) is 5.44. The molecule has 1 unspecified atom stereocenters. The molecule has 1 aromatic heterocycles. The molecule has 0 aliphatic rings. The fourth-order valence-electron chi connectivity index (χ4n) is 1.03. The van der Waals surface area contributed by atoms with Crippen molar-refractivity contribution in [2.75, 3.05) is 11.9 Å². The predicted molar refractivity (Wildman–Crippen MR) is 53.5 cm³/mol. The van der Waals surface area contributed by atoms with Gasteiger partial charge in [-0.05, 0) is 12.5 Å². The van der Waals surface area contributed by atoms with Crippen molar-refractivity contribution in [3.63, 3.8) is 0 Å². The molecule has 0 aliphatic carbocycles. The molecule has 5 nitrogen and oxygen atoms in total. The number of aromatic nitrogens is 2. The van der Waals surface area contributed by atoms with Gasteiger partial charge in [0.25, 0.3) is 0 Å². The Kier molecular flexibility index (Phi) is 4.00. The second-order valence-corrected chi connectivity index (χ2v) is 2.90. The minimum absolute atomic E-state index is 0.124. The molecule has 0 aromatic carbocycles. The molecule has 3 N–H and O–H groups in total. The zero-order chi connectivity index (χ0) is 10.4. The van der Waals surface area contributed by atoms with Crippen molar-refractivity contribution in [3.8, 4) is 0 Å². The van der Waals surface area contributed by atoms with E-state index in [1.807, 2.05) is 6.92 Å². The molecule has 0 aliphatic heterocycles. The maximum Gasteiger partial charge on any atom is 0.231 e. The van der Waals surface area contributed by atoms with Gasteiger partial charge in [-0.25, -0.2) is 9.97 Å². The number of carbonyl (C=O) groups is 1. The summed E-state index contributed by atoms with van der Waals surface area (Å²) in [5, 5.41) is 2.60. The van der Waals surface area contributed by atoms with Crippen molar-refractivity contribution < 1.29 is 4.79 Å². The molecule has 0 bridgehead atoms. The molecule has 0 fully saturated rings. The van der Waals surface area contributed by atoms with Gasteiger partial charge in [-0.3, -0.25) is 10.1 Å². The zero-order valence-electron chi connectivity index (χ0n) is 8.10. The lowest BCUT2D eigenvalue weighted by Crippen LogP contribution is -2.29. The van der Waals surface area contributed by atoms with Gasteiger partial charge in [-0.15, -0.1) is 0 Å². The first-order chi connectivity index (χ1) is 6.77. The minimum atomic E-state index is -0.168. The number of nitrogens with zero attached hydrogens (tertiary/aromatic N) is 2. The Labute approximate surface area is 82.7 Å². The van der Waals surface area contributed by atoms with Crippen molar-refractivity contribution >= 4 is 11.9 Å². The van der Waals surface area contributed by atoms with Gasteiger partial charge >= 0.3 is 0 Å². The van der Waals surface area contributed by atoms with Crippen molar-refractivity contribution in [2.24, 2.45) is 11.7 Å². The largest absolute Gasteiger partial charge is 0.330 e.